The number of rotatable bonds is 6. The number of nitrogens with zero attached hydrogens (tertiary/aromatic N) is 1. The first kappa shape index (κ1) is 22.2. The second-order valence-electron chi connectivity index (χ2n) is 8.43. The third-order valence-corrected chi connectivity index (χ3v) is 9.35. The average Bonchev–Trinajstić information content (AvgIpc) is 3.41. The van der Waals surface area contributed by atoms with Crippen LogP contribution in [0.4, 0.5) is 5.00 Å². The Labute approximate surface area is 186 Å². The van der Waals surface area contributed by atoms with Crippen LogP contribution in [0, 0.1) is 11.8 Å². The first-order chi connectivity index (χ1) is 14.8. The van der Waals surface area contributed by atoms with Gasteiger partial charge in [-0.1, -0.05) is 6.92 Å². The van der Waals surface area contributed by atoms with Gasteiger partial charge in [0.05, 0.1) is 17.6 Å². The molecule has 7 nitrogen and oxygen atoms in total. The van der Waals surface area contributed by atoms with Crippen LogP contribution in [0.2, 0.25) is 0 Å². The van der Waals surface area contributed by atoms with Gasteiger partial charge in [-0.25, -0.2) is 12.7 Å². The van der Waals surface area contributed by atoms with E-state index in [0.29, 0.717) is 42.4 Å². The Bertz CT molecular complexity index is 1060. The molecule has 1 aliphatic carbocycles. The van der Waals surface area contributed by atoms with Gasteiger partial charge in [-0.05, 0) is 62.6 Å². The Morgan fingerprint density at radius 3 is 2.65 bits per heavy atom. The summed E-state index contributed by atoms with van der Waals surface area (Å²) < 4.78 is 31.0. The van der Waals surface area contributed by atoms with E-state index in [-0.39, 0.29) is 29.1 Å². The molecular weight excluding hydrogens is 436 g/mol. The number of nitrogens with one attached hydrogen (secondary N) is 1. The van der Waals surface area contributed by atoms with E-state index < -0.39 is 10.0 Å². The van der Waals surface area contributed by atoms with Crippen molar-refractivity contribution in [3.8, 4) is 0 Å². The quantitative estimate of drug-likeness (QED) is 0.658. The first-order valence-corrected chi connectivity index (χ1v) is 13.2. The first-order valence-electron chi connectivity index (χ1n) is 10.8. The average molecular weight is 465 g/mol. The SMILES string of the molecule is CCS(=O)(=O)N1CCC(C(=O)Nc2sc3c(c2C(=O)c2ccco2)CCC(C)C3)CC1. The van der Waals surface area contributed by atoms with E-state index in [1.54, 1.807) is 19.1 Å². The lowest BCUT2D eigenvalue weighted by molar-refractivity contribution is -0.120. The van der Waals surface area contributed by atoms with Gasteiger partial charge in [0.15, 0.2) is 5.76 Å². The normalized spacial score (nSPS) is 20.4. The predicted octanol–water partition coefficient (Wildman–Crippen LogP) is 3.70. The summed E-state index contributed by atoms with van der Waals surface area (Å²) in [5.74, 6) is 0.276. The summed E-state index contributed by atoms with van der Waals surface area (Å²) in [6.45, 7) is 4.54. The summed E-state index contributed by atoms with van der Waals surface area (Å²) in [7, 11) is -3.23. The molecule has 2 aromatic rings. The summed E-state index contributed by atoms with van der Waals surface area (Å²) in [5, 5.41) is 3.60. The van der Waals surface area contributed by atoms with Gasteiger partial charge >= 0.3 is 0 Å². The van der Waals surface area contributed by atoms with Gasteiger partial charge < -0.3 is 9.73 Å². The Morgan fingerprint density at radius 1 is 1.26 bits per heavy atom. The number of ketones is 1. The van der Waals surface area contributed by atoms with E-state index in [0.717, 1.165) is 29.7 Å². The Balaban J connectivity index is 1.54. The summed E-state index contributed by atoms with van der Waals surface area (Å²) in [6, 6.07) is 3.33. The van der Waals surface area contributed by atoms with E-state index in [1.807, 2.05) is 0 Å². The van der Waals surface area contributed by atoms with Gasteiger partial charge in [0.1, 0.15) is 5.00 Å². The third kappa shape index (κ3) is 4.49. The smallest absolute Gasteiger partial charge is 0.231 e. The number of fused-ring (bicyclic) bond motifs is 1. The molecule has 3 heterocycles. The van der Waals surface area contributed by atoms with Gasteiger partial charge in [-0.2, -0.15) is 0 Å². The highest BCUT2D eigenvalue weighted by atomic mass is 32.2. The van der Waals surface area contributed by atoms with Gasteiger partial charge in [-0.3, -0.25) is 9.59 Å². The van der Waals surface area contributed by atoms with Crippen LogP contribution in [0.15, 0.2) is 22.8 Å². The molecule has 1 saturated heterocycles. The number of hydrogen-bond donors (Lipinski definition) is 1. The largest absolute Gasteiger partial charge is 0.461 e. The third-order valence-electron chi connectivity index (χ3n) is 6.30. The highest BCUT2D eigenvalue weighted by Gasteiger charge is 2.33. The monoisotopic (exact) mass is 464 g/mol. The fourth-order valence-electron chi connectivity index (χ4n) is 4.40. The summed E-state index contributed by atoms with van der Waals surface area (Å²) in [6.07, 6.45) is 5.17. The fraction of sp³-hybridized carbons (Fsp3) is 0.545. The van der Waals surface area contributed by atoms with E-state index >= 15 is 0 Å². The summed E-state index contributed by atoms with van der Waals surface area (Å²) in [4.78, 5) is 27.4. The molecule has 1 atom stereocenters. The Morgan fingerprint density at radius 2 is 2.00 bits per heavy atom. The highest BCUT2D eigenvalue weighted by molar-refractivity contribution is 7.89. The molecule has 1 unspecified atom stereocenters. The van der Waals surface area contributed by atoms with Crippen LogP contribution >= 0.6 is 11.3 Å². The van der Waals surface area contributed by atoms with Gasteiger partial charge in [0, 0.05) is 23.9 Å². The zero-order valence-corrected chi connectivity index (χ0v) is 19.5. The summed E-state index contributed by atoms with van der Waals surface area (Å²) >= 11 is 1.49. The van der Waals surface area contributed by atoms with E-state index in [1.165, 1.54) is 21.9 Å². The minimum atomic E-state index is -3.23. The topological polar surface area (TPSA) is 96.7 Å². The number of furan rings is 1. The molecule has 0 spiro atoms. The molecule has 2 aromatic heterocycles. The molecule has 168 valence electrons. The van der Waals surface area contributed by atoms with Crippen LogP contribution in [0.5, 0.6) is 0 Å². The molecule has 1 fully saturated rings. The fourth-order valence-corrected chi connectivity index (χ4v) is 6.95. The van der Waals surface area contributed by atoms with Crippen LogP contribution in [-0.2, 0) is 27.7 Å². The second-order valence-corrected chi connectivity index (χ2v) is 11.8. The van der Waals surface area contributed by atoms with Crippen LogP contribution in [0.25, 0.3) is 0 Å². The lowest BCUT2D eigenvalue weighted by Crippen LogP contribution is -2.42. The lowest BCUT2D eigenvalue weighted by Gasteiger charge is -2.30. The number of piperidine rings is 1. The molecule has 1 amide bonds. The van der Waals surface area contributed by atoms with Crippen LogP contribution in [-0.4, -0.2) is 43.3 Å². The van der Waals surface area contributed by atoms with Crippen molar-refractivity contribution in [2.75, 3.05) is 24.2 Å². The van der Waals surface area contributed by atoms with E-state index in [9.17, 15) is 18.0 Å². The van der Waals surface area contributed by atoms with Crippen LogP contribution in [0.3, 0.4) is 0 Å². The Kier molecular flexibility index (Phi) is 6.37. The summed E-state index contributed by atoms with van der Waals surface area (Å²) in [5.41, 5.74) is 1.59. The number of carbonyl (C=O) groups is 2. The zero-order chi connectivity index (χ0) is 22.2. The minimum absolute atomic E-state index is 0.0707. The van der Waals surface area contributed by atoms with Crippen molar-refractivity contribution in [3.63, 3.8) is 0 Å². The zero-order valence-electron chi connectivity index (χ0n) is 17.8. The number of anilines is 1. The molecule has 4 rings (SSSR count). The number of thiophene rings is 1. The predicted molar refractivity (Wildman–Crippen MR) is 120 cm³/mol. The number of sulfonamides is 1. The van der Waals surface area contributed by atoms with Gasteiger partial charge in [0.2, 0.25) is 21.7 Å². The molecular formula is C22H28N2O5S2. The van der Waals surface area contributed by atoms with Gasteiger partial charge in [-0.15, -0.1) is 11.3 Å². The van der Waals surface area contributed by atoms with Crippen LogP contribution in [0.1, 0.15) is 59.7 Å². The maximum Gasteiger partial charge on any atom is 0.231 e. The minimum Gasteiger partial charge on any atom is -0.461 e. The van der Waals surface area contributed by atoms with Crippen molar-refractivity contribution in [3.05, 3.63) is 40.2 Å². The van der Waals surface area contributed by atoms with Crippen molar-refractivity contribution in [2.45, 2.75) is 46.0 Å². The second kappa shape index (κ2) is 8.88. The molecule has 0 aromatic carbocycles. The highest BCUT2D eigenvalue weighted by Crippen LogP contribution is 2.41. The Hall–Kier alpha value is -1.97. The lowest BCUT2D eigenvalue weighted by atomic mass is 9.87. The molecule has 9 heteroatoms. The van der Waals surface area contributed by atoms with E-state index in [4.69, 9.17) is 4.42 Å². The number of carbonyl (C=O) groups excluding carboxylic acids is 2. The van der Waals surface area contributed by atoms with Crippen molar-refractivity contribution >= 4 is 38.1 Å². The molecule has 1 N–H and O–H groups in total. The van der Waals surface area contributed by atoms with Crippen molar-refractivity contribution < 1.29 is 22.4 Å². The van der Waals surface area contributed by atoms with E-state index in [2.05, 4.69) is 12.2 Å². The number of amides is 1. The maximum absolute atomic E-state index is 13.2. The molecule has 0 radical (unpaired) electrons. The standard InChI is InChI=1S/C22H28N2O5S2/c1-3-31(27,28)24-10-8-15(9-11-24)21(26)23-22-19(20(25)17-5-4-12-29-17)16-7-6-14(2)13-18(16)30-22/h4-5,12,14-15H,3,6-11,13H2,1-2H3,(H,23,26). The number of hydrogen-bond acceptors (Lipinski definition) is 6. The van der Waals surface area contributed by atoms with Crippen LogP contribution < -0.4 is 5.32 Å². The van der Waals surface area contributed by atoms with Crippen molar-refractivity contribution in [2.24, 2.45) is 11.8 Å². The molecule has 0 bridgehead atoms. The van der Waals surface area contributed by atoms with Crippen molar-refractivity contribution in [1.82, 2.24) is 4.31 Å². The molecule has 1 aliphatic heterocycles. The molecule has 31 heavy (non-hydrogen) atoms. The van der Waals surface area contributed by atoms with Crippen molar-refractivity contribution in [1.29, 1.82) is 0 Å². The van der Waals surface area contributed by atoms with Gasteiger partial charge in [0.25, 0.3) is 0 Å². The molecule has 0 saturated carbocycles. The maximum atomic E-state index is 13.2. The molecule has 2 aliphatic rings.